The quantitative estimate of drug-likeness (QED) is 0.847. The Kier molecular flexibility index (Phi) is 6.11. The number of hydrogen-bond donors (Lipinski definition) is 1. The lowest BCUT2D eigenvalue weighted by Crippen LogP contribution is -2.29. The number of piperidine rings is 1. The minimum Gasteiger partial charge on any atom is -0.496 e. The van der Waals surface area contributed by atoms with Gasteiger partial charge in [0.1, 0.15) is 5.75 Å². The van der Waals surface area contributed by atoms with Crippen LogP contribution in [0.1, 0.15) is 48.4 Å². The smallest absolute Gasteiger partial charge is 0.122 e. The van der Waals surface area contributed by atoms with E-state index in [0.29, 0.717) is 12.0 Å². The lowest BCUT2D eigenvalue weighted by molar-refractivity contribution is 0.252. The molecule has 0 aromatic heterocycles. The summed E-state index contributed by atoms with van der Waals surface area (Å²) in [6.45, 7) is 5.43. The highest BCUT2D eigenvalue weighted by Crippen LogP contribution is 2.34. The molecule has 1 atom stereocenters. The zero-order valence-electron chi connectivity index (χ0n) is 15.7. The van der Waals surface area contributed by atoms with Gasteiger partial charge in [-0.15, -0.1) is 0 Å². The van der Waals surface area contributed by atoms with Gasteiger partial charge in [-0.25, -0.2) is 0 Å². The fourth-order valence-corrected chi connectivity index (χ4v) is 3.66. The van der Waals surface area contributed by atoms with Crippen LogP contribution >= 0.6 is 0 Å². The first-order valence-electron chi connectivity index (χ1n) is 9.31. The first kappa shape index (κ1) is 18.0. The van der Waals surface area contributed by atoms with Gasteiger partial charge in [-0.1, -0.05) is 42.5 Å². The maximum atomic E-state index is 5.64. The Morgan fingerprint density at radius 1 is 1.12 bits per heavy atom. The maximum absolute atomic E-state index is 5.64. The van der Waals surface area contributed by atoms with Crippen molar-refractivity contribution >= 4 is 0 Å². The molecule has 1 fully saturated rings. The van der Waals surface area contributed by atoms with Crippen molar-refractivity contribution in [2.45, 2.75) is 38.3 Å². The number of rotatable bonds is 6. The Morgan fingerprint density at radius 2 is 1.84 bits per heavy atom. The molecule has 1 N–H and O–H groups in total. The van der Waals surface area contributed by atoms with Crippen molar-refractivity contribution in [1.29, 1.82) is 0 Å². The molecule has 1 aliphatic rings. The first-order valence-corrected chi connectivity index (χ1v) is 9.31. The molecular weight excluding hydrogens is 308 g/mol. The van der Waals surface area contributed by atoms with Crippen LogP contribution < -0.4 is 10.1 Å². The van der Waals surface area contributed by atoms with Crippen molar-refractivity contribution in [3.05, 3.63) is 65.2 Å². The van der Waals surface area contributed by atoms with E-state index < -0.39 is 0 Å². The largest absolute Gasteiger partial charge is 0.496 e. The second-order valence-corrected chi connectivity index (χ2v) is 7.17. The Hall–Kier alpha value is -1.84. The molecule has 3 heteroatoms. The Bertz CT molecular complexity index is 663. The number of ether oxygens (including phenoxy) is 1. The van der Waals surface area contributed by atoms with Gasteiger partial charge in [0.25, 0.3) is 0 Å². The van der Waals surface area contributed by atoms with Crippen LogP contribution in [-0.4, -0.2) is 32.1 Å². The number of methoxy groups -OCH3 is 1. The molecule has 2 aromatic carbocycles. The Balaban J connectivity index is 1.69. The van der Waals surface area contributed by atoms with Gasteiger partial charge in [-0.05, 0) is 68.6 Å². The summed E-state index contributed by atoms with van der Waals surface area (Å²) < 4.78 is 5.64. The average Bonchev–Trinajstić information content (AvgIpc) is 2.67. The van der Waals surface area contributed by atoms with Crippen LogP contribution in [-0.2, 0) is 6.54 Å². The van der Waals surface area contributed by atoms with Crippen LogP contribution in [0.2, 0.25) is 0 Å². The van der Waals surface area contributed by atoms with Gasteiger partial charge in [0.05, 0.1) is 7.11 Å². The molecule has 0 radical (unpaired) electrons. The van der Waals surface area contributed by atoms with Crippen LogP contribution in [0, 0.1) is 0 Å². The molecule has 3 nitrogen and oxygen atoms in total. The van der Waals surface area contributed by atoms with E-state index in [1.165, 1.54) is 42.6 Å². The van der Waals surface area contributed by atoms with Crippen LogP contribution in [0.5, 0.6) is 5.75 Å². The minimum absolute atomic E-state index is 0.343. The van der Waals surface area contributed by atoms with Gasteiger partial charge < -0.3 is 15.0 Å². The predicted octanol–water partition coefficient (Wildman–Crippen LogP) is 4.36. The van der Waals surface area contributed by atoms with E-state index >= 15 is 0 Å². The van der Waals surface area contributed by atoms with Crippen molar-refractivity contribution in [2.75, 3.05) is 27.2 Å². The maximum Gasteiger partial charge on any atom is 0.122 e. The van der Waals surface area contributed by atoms with Gasteiger partial charge in [-0.2, -0.15) is 0 Å². The van der Waals surface area contributed by atoms with E-state index in [0.717, 1.165) is 12.3 Å². The zero-order valence-corrected chi connectivity index (χ0v) is 15.7. The molecule has 1 heterocycles. The molecule has 0 amide bonds. The topological polar surface area (TPSA) is 24.5 Å². The summed E-state index contributed by atoms with van der Waals surface area (Å²) in [5.74, 6) is 1.65. The number of nitrogens with zero attached hydrogens (tertiary/aromatic N) is 1. The van der Waals surface area contributed by atoms with Gasteiger partial charge >= 0.3 is 0 Å². The predicted molar refractivity (Wildman–Crippen MR) is 104 cm³/mol. The third-order valence-electron chi connectivity index (χ3n) is 5.36. The fraction of sp³-hybridized carbons (Fsp3) is 0.455. The summed E-state index contributed by atoms with van der Waals surface area (Å²) in [6, 6.07) is 17.6. The lowest BCUT2D eigenvalue weighted by atomic mass is 9.88. The monoisotopic (exact) mass is 338 g/mol. The summed E-state index contributed by atoms with van der Waals surface area (Å²) in [7, 11) is 3.99. The van der Waals surface area contributed by atoms with Gasteiger partial charge in [0.15, 0.2) is 0 Å². The second kappa shape index (κ2) is 8.50. The highest BCUT2D eigenvalue weighted by atomic mass is 16.5. The van der Waals surface area contributed by atoms with Crippen molar-refractivity contribution in [3.63, 3.8) is 0 Å². The molecule has 1 unspecified atom stereocenters. The molecule has 2 aromatic rings. The van der Waals surface area contributed by atoms with Crippen LogP contribution in [0.25, 0.3) is 0 Å². The van der Waals surface area contributed by atoms with E-state index in [1.807, 2.05) is 0 Å². The molecule has 134 valence electrons. The minimum atomic E-state index is 0.343. The van der Waals surface area contributed by atoms with E-state index in [2.05, 4.69) is 72.7 Å². The molecular formula is C22H30N2O. The average molecular weight is 338 g/mol. The van der Waals surface area contributed by atoms with Crippen LogP contribution in [0.4, 0.5) is 0 Å². The summed E-state index contributed by atoms with van der Waals surface area (Å²) in [5.41, 5.74) is 4.03. The second-order valence-electron chi connectivity index (χ2n) is 7.17. The van der Waals surface area contributed by atoms with Gasteiger partial charge in [0.2, 0.25) is 0 Å². The third kappa shape index (κ3) is 4.62. The zero-order chi connectivity index (χ0) is 17.6. The fourth-order valence-electron chi connectivity index (χ4n) is 3.66. The molecule has 25 heavy (non-hydrogen) atoms. The lowest BCUT2D eigenvalue weighted by Gasteiger charge is -2.30. The van der Waals surface area contributed by atoms with Crippen LogP contribution in [0.3, 0.4) is 0 Å². The summed E-state index contributed by atoms with van der Waals surface area (Å²) in [5, 5.41) is 3.64. The van der Waals surface area contributed by atoms with E-state index in [4.69, 9.17) is 4.74 Å². The number of likely N-dealkylation sites (tertiary alicyclic amines) is 1. The van der Waals surface area contributed by atoms with Crippen molar-refractivity contribution in [1.82, 2.24) is 10.2 Å². The number of nitrogens with one attached hydrogen (secondary N) is 1. The van der Waals surface area contributed by atoms with E-state index in [1.54, 1.807) is 7.11 Å². The summed E-state index contributed by atoms with van der Waals surface area (Å²) in [6.07, 6.45) is 2.42. The van der Waals surface area contributed by atoms with Gasteiger partial charge in [0, 0.05) is 12.6 Å². The van der Waals surface area contributed by atoms with Crippen LogP contribution in [0.15, 0.2) is 48.5 Å². The molecule has 3 rings (SSSR count). The van der Waals surface area contributed by atoms with Crippen molar-refractivity contribution in [2.24, 2.45) is 0 Å². The van der Waals surface area contributed by atoms with E-state index in [9.17, 15) is 0 Å². The van der Waals surface area contributed by atoms with Crippen molar-refractivity contribution < 1.29 is 4.74 Å². The molecule has 0 saturated carbocycles. The van der Waals surface area contributed by atoms with Gasteiger partial charge in [-0.3, -0.25) is 0 Å². The summed E-state index contributed by atoms with van der Waals surface area (Å²) >= 11 is 0. The SMILES string of the molecule is COc1ccc(CNC(C)c2ccccc2)cc1C1CCN(C)CC1. The number of benzene rings is 2. The molecule has 0 bridgehead atoms. The van der Waals surface area contributed by atoms with Crippen molar-refractivity contribution in [3.8, 4) is 5.75 Å². The highest BCUT2D eigenvalue weighted by Gasteiger charge is 2.21. The summed E-state index contributed by atoms with van der Waals surface area (Å²) in [4.78, 5) is 2.41. The molecule has 0 aliphatic carbocycles. The Labute approximate surface area is 152 Å². The normalized spacial score (nSPS) is 17.4. The highest BCUT2D eigenvalue weighted by molar-refractivity contribution is 5.40. The Morgan fingerprint density at radius 3 is 2.52 bits per heavy atom. The molecule has 1 saturated heterocycles. The van der Waals surface area contributed by atoms with E-state index in [-0.39, 0.29) is 0 Å². The standard InChI is InChI=1S/C22H30N2O/c1-17(19-7-5-4-6-8-19)23-16-18-9-10-22(25-3)21(15-18)20-11-13-24(2)14-12-20/h4-10,15,17,20,23H,11-14,16H2,1-3H3. The number of hydrogen-bond acceptors (Lipinski definition) is 3. The molecule has 1 aliphatic heterocycles. The third-order valence-corrected chi connectivity index (χ3v) is 5.36. The first-order chi connectivity index (χ1) is 12.2. The molecule has 0 spiro atoms.